The standard InChI is InChI=1S/C26H23BrN4O2/c1-2-15-33-24-13-11-19(12-14-24)25-21(18-31(30-25)23-9-4-3-5-10-23)17-28-29-26(32)20-7-6-8-22(27)16-20/h3-14,16-18H,2,15H2,1H3,(H,29,32)/b28-17+. The van der Waals surface area contributed by atoms with Crippen LogP contribution in [-0.4, -0.2) is 28.5 Å². The quantitative estimate of drug-likeness (QED) is 0.242. The Labute approximate surface area is 201 Å². The van der Waals surface area contributed by atoms with Gasteiger partial charge in [0.05, 0.1) is 18.5 Å². The van der Waals surface area contributed by atoms with Crippen molar-refractivity contribution in [2.24, 2.45) is 5.10 Å². The maximum atomic E-state index is 12.4. The van der Waals surface area contributed by atoms with Gasteiger partial charge in [0.2, 0.25) is 0 Å². The number of hydrazone groups is 1. The zero-order valence-electron chi connectivity index (χ0n) is 18.1. The highest BCUT2D eigenvalue weighted by Crippen LogP contribution is 2.25. The van der Waals surface area contributed by atoms with Crippen molar-refractivity contribution in [2.75, 3.05) is 6.61 Å². The highest BCUT2D eigenvalue weighted by Gasteiger charge is 2.12. The number of nitrogens with zero attached hydrogens (tertiary/aromatic N) is 3. The molecule has 166 valence electrons. The van der Waals surface area contributed by atoms with Crippen LogP contribution in [0.15, 0.2) is 94.6 Å². The fraction of sp³-hybridized carbons (Fsp3) is 0.115. The predicted molar refractivity (Wildman–Crippen MR) is 134 cm³/mol. The second kappa shape index (κ2) is 10.7. The fourth-order valence-electron chi connectivity index (χ4n) is 3.20. The van der Waals surface area contributed by atoms with E-state index in [1.165, 1.54) is 0 Å². The summed E-state index contributed by atoms with van der Waals surface area (Å²) in [5, 5.41) is 8.96. The van der Waals surface area contributed by atoms with Gasteiger partial charge >= 0.3 is 0 Å². The van der Waals surface area contributed by atoms with Gasteiger partial charge in [0.15, 0.2) is 0 Å². The SMILES string of the molecule is CCCOc1ccc(-c2nn(-c3ccccc3)cc2/C=N/NC(=O)c2cccc(Br)c2)cc1. The molecule has 4 rings (SSSR count). The number of rotatable bonds is 8. The Morgan fingerprint density at radius 1 is 1.09 bits per heavy atom. The Morgan fingerprint density at radius 3 is 2.61 bits per heavy atom. The molecule has 0 atom stereocenters. The first-order valence-corrected chi connectivity index (χ1v) is 11.4. The van der Waals surface area contributed by atoms with Crippen molar-refractivity contribution in [3.05, 3.63) is 101 Å². The molecule has 0 aliphatic heterocycles. The summed E-state index contributed by atoms with van der Waals surface area (Å²) < 4.78 is 8.32. The van der Waals surface area contributed by atoms with Crippen molar-refractivity contribution >= 4 is 28.1 Å². The monoisotopic (exact) mass is 502 g/mol. The zero-order chi connectivity index (χ0) is 23.0. The lowest BCUT2D eigenvalue weighted by atomic mass is 10.1. The summed E-state index contributed by atoms with van der Waals surface area (Å²) in [6.07, 6.45) is 4.45. The molecule has 1 amide bonds. The molecule has 0 aliphatic rings. The number of benzene rings is 3. The average Bonchev–Trinajstić information content (AvgIpc) is 3.28. The topological polar surface area (TPSA) is 68.5 Å². The van der Waals surface area contributed by atoms with Crippen LogP contribution < -0.4 is 10.2 Å². The van der Waals surface area contributed by atoms with Crippen LogP contribution in [-0.2, 0) is 0 Å². The normalized spacial score (nSPS) is 11.0. The molecule has 0 bridgehead atoms. The number of carbonyl (C=O) groups is 1. The van der Waals surface area contributed by atoms with Crippen molar-refractivity contribution in [1.82, 2.24) is 15.2 Å². The van der Waals surface area contributed by atoms with E-state index in [0.29, 0.717) is 12.2 Å². The highest BCUT2D eigenvalue weighted by atomic mass is 79.9. The molecular formula is C26H23BrN4O2. The minimum absolute atomic E-state index is 0.290. The maximum absolute atomic E-state index is 12.4. The summed E-state index contributed by atoms with van der Waals surface area (Å²) in [7, 11) is 0. The van der Waals surface area contributed by atoms with Gasteiger partial charge in [0.1, 0.15) is 11.4 Å². The average molecular weight is 503 g/mol. The highest BCUT2D eigenvalue weighted by molar-refractivity contribution is 9.10. The molecule has 1 heterocycles. The van der Waals surface area contributed by atoms with Crippen molar-refractivity contribution in [3.8, 4) is 22.7 Å². The van der Waals surface area contributed by atoms with Gasteiger partial charge in [-0.25, -0.2) is 10.1 Å². The summed E-state index contributed by atoms with van der Waals surface area (Å²) in [6.45, 7) is 2.75. The molecule has 33 heavy (non-hydrogen) atoms. The van der Waals surface area contributed by atoms with Gasteiger partial charge < -0.3 is 4.74 Å². The second-order valence-electron chi connectivity index (χ2n) is 7.30. The number of para-hydroxylation sites is 1. The number of nitrogens with one attached hydrogen (secondary N) is 1. The zero-order valence-corrected chi connectivity index (χ0v) is 19.7. The third-order valence-electron chi connectivity index (χ3n) is 4.82. The van der Waals surface area contributed by atoms with Gasteiger partial charge in [0.25, 0.3) is 5.91 Å². The Bertz CT molecular complexity index is 1250. The van der Waals surface area contributed by atoms with Crippen LogP contribution >= 0.6 is 15.9 Å². The van der Waals surface area contributed by atoms with E-state index >= 15 is 0 Å². The summed E-state index contributed by atoms with van der Waals surface area (Å²) in [4.78, 5) is 12.4. The number of hydrogen-bond acceptors (Lipinski definition) is 4. The van der Waals surface area contributed by atoms with Gasteiger partial charge in [-0.2, -0.15) is 10.2 Å². The first kappa shape index (κ1) is 22.5. The summed E-state index contributed by atoms with van der Waals surface area (Å²) in [6, 6.07) is 24.8. The molecule has 6 nitrogen and oxygen atoms in total. The van der Waals surface area contributed by atoms with Crippen LogP contribution in [0.5, 0.6) is 5.75 Å². The number of carbonyl (C=O) groups excluding carboxylic acids is 1. The first-order chi connectivity index (χ1) is 16.1. The number of halogens is 1. The lowest BCUT2D eigenvalue weighted by molar-refractivity contribution is 0.0955. The number of ether oxygens (including phenoxy) is 1. The smallest absolute Gasteiger partial charge is 0.271 e. The van der Waals surface area contributed by atoms with Gasteiger partial charge in [-0.1, -0.05) is 47.1 Å². The van der Waals surface area contributed by atoms with E-state index in [0.717, 1.165) is 39.2 Å². The largest absolute Gasteiger partial charge is 0.494 e. The van der Waals surface area contributed by atoms with E-state index in [4.69, 9.17) is 9.84 Å². The first-order valence-electron chi connectivity index (χ1n) is 10.6. The van der Waals surface area contributed by atoms with Gasteiger partial charge in [-0.05, 0) is 61.0 Å². The number of aromatic nitrogens is 2. The van der Waals surface area contributed by atoms with Crippen LogP contribution in [0.4, 0.5) is 0 Å². The van der Waals surface area contributed by atoms with Crippen molar-refractivity contribution in [3.63, 3.8) is 0 Å². The molecule has 0 saturated heterocycles. The van der Waals surface area contributed by atoms with Crippen molar-refractivity contribution in [1.29, 1.82) is 0 Å². The van der Waals surface area contributed by atoms with E-state index < -0.39 is 0 Å². The van der Waals surface area contributed by atoms with Crippen molar-refractivity contribution in [2.45, 2.75) is 13.3 Å². The third kappa shape index (κ3) is 5.75. The molecule has 0 aliphatic carbocycles. The Morgan fingerprint density at radius 2 is 1.88 bits per heavy atom. The molecule has 1 aromatic heterocycles. The van der Waals surface area contributed by atoms with E-state index in [1.54, 1.807) is 29.1 Å². The molecule has 0 unspecified atom stereocenters. The fourth-order valence-corrected chi connectivity index (χ4v) is 3.60. The molecule has 0 spiro atoms. The number of hydrogen-bond donors (Lipinski definition) is 1. The summed E-state index contributed by atoms with van der Waals surface area (Å²) >= 11 is 3.38. The maximum Gasteiger partial charge on any atom is 0.271 e. The summed E-state index contributed by atoms with van der Waals surface area (Å²) in [5.74, 6) is 0.529. The van der Waals surface area contributed by atoms with Crippen LogP contribution in [0.1, 0.15) is 29.3 Å². The molecule has 3 aromatic carbocycles. The van der Waals surface area contributed by atoms with Gasteiger partial charge in [-0.3, -0.25) is 4.79 Å². The molecule has 0 saturated carbocycles. The van der Waals surface area contributed by atoms with E-state index in [9.17, 15) is 4.79 Å². The van der Waals surface area contributed by atoms with Crippen LogP contribution in [0.3, 0.4) is 0 Å². The summed E-state index contributed by atoms with van der Waals surface area (Å²) in [5.41, 5.74) is 6.48. The Balaban J connectivity index is 1.61. The molecule has 7 heteroatoms. The lowest BCUT2D eigenvalue weighted by Gasteiger charge is -2.05. The Hall–Kier alpha value is -3.71. The van der Waals surface area contributed by atoms with Crippen LogP contribution in [0.25, 0.3) is 16.9 Å². The lowest BCUT2D eigenvalue weighted by Crippen LogP contribution is -2.17. The molecular weight excluding hydrogens is 480 g/mol. The minimum atomic E-state index is -0.290. The third-order valence-corrected chi connectivity index (χ3v) is 5.31. The minimum Gasteiger partial charge on any atom is -0.494 e. The molecule has 4 aromatic rings. The van der Waals surface area contributed by atoms with Crippen LogP contribution in [0, 0.1) is 0 Å². The molecule has 1 N–H and O–H groups in total. The van der Waals surface area contributed by atoms with Crippen LogP contribution in [0.2, 0.25) is 0 Å². The van der Waals surface area contributed by atoms with Gasteiger partial charge in [0, 0.05) is 27.4 Å². The van der Waals surface area contributed by atoms with E-state index in [2.05, 4.69) is 33.4 Å². The predicted octanol–water partition coefficient (Wildman–Crippen LogP) is 5.85. The van der Waals surface area contributed by atoms with Crippen molar-refractivity contribution < 1.29 is 9.53 Å². The number of amides is 1. The van der Waals surface area contributed by atoms with E-state index in [1.807, 2.05) is 66.9 Å². The molecule has 0 fully saturated rings. The molecule has 0 radical (unpaired) electrons. The second-order valence-corrected chi connectivity index (χ2v) is 8.21. The van der Waals surface area contributed by atoms with E-state index in [-0.39, 0.29) is 5.91 Å². The Kier molecular flexibility index (Phi) is 7.32. The van der Waals surface area contributed by atoms with Gasteiger partial charge in [-0.15, -0.1) is 0 Å².